The zero-order valence-electron chi connectivity index (χ0n) is 17.6. The predicted molar refractivity (Wildman–Crippen MR) is 125 cm³/mol. The minimum Gasteiger partial charge on any atom is -0.361 e. The molecule has 160 valence electrons. The molecule has 7 nitrogen and oxygen atoms in total. The number of aryl methyl sites for hydroxylation is 1. The van der Waals surface area contributed by atoms with Gasteiger partial charge in [-0.25, -0.2) is 0 Å². The Kier molecular flexibility index (Phi) is 6.52. The van der Waals surface area contributed by atoms with Crippen LogP contribution in [0.3, 0.4) is 0 Å². The van der Waals surface area contributed by atoms with Gasteiger partial charge in [-0.15, -0.1) is 0 Å². The predicted octanol–water partition coefficient (Wildman–Crippen LogP) is 4.13. The zero-order chi connectivity index (χ0) is 21.6. The van der Waals surface area contributed by atoms with Crippen molar-refractivity contribution in [2.75, 3.05) is 20.1 Å². The normalized spacial score (nSPS) is 11.8. The number of aromatic nitrogens is 3. The van der Waals surface area contributed by atoms with Crippen molar-refractivity contribution < 1.29 is 4.52 Å². The fourth-order valence-electron chi connectivity index (χ4n) is 3.47. The molecule has 0 aliphatic heterocycles. The molecule has 0 radical (unpaired) electrons. The zero-order valence-corrected chi connectivity index (χ0v) is 18.3. The minimum absolute atomic E-state index is 0.558. The number of hydrogen-bond donors (Lipinski definition) is 3. The molecular formula is C23H25ClN6O. The SMILES string of the molecule is CN=C(NCCc1nc(-c2ccc(Cl)cc2)no1)NCCc1c[nH]c2c(C)cccc12. The van der Waals surface area contributed by atoms with Crippen molar-refractivity contribution >= 4 is 28.5 Å². The quantitative estimate of drug-likeness (QED) is 0.299. The summed E-state index contributed by atoms with van der Waals surface area (Å²) in [7, 11) is 1.76. The van der Waals surface area contributed by atoms with Crippen molar-refractivity contribution in [3.05, 3.63) is 70.7 Å². The molecule has 2 aromatic heterocycles. The van der Waals surface area contributed by atoms with Gasteiger partial charge in [-0.05, 0) is 48.7 Å². The van der Waals surface area contributed by atoms with Gasteiger partial charge in [0.15, 0.2) is 5.96 Å². The van der Waals surface area contributed by atoms with E-state index in [0.717, 1.165) is 24.5 Å². The smallest absolute Gasteiger partial charge is 0.228 e. The van der Waals surface area contributed by atoms with Crippen LogP contribution in [0.15, 0.2) is 58.2 Å². The third kappa shape index (κ3) is 5.06. The second-order valence-electron chi connectivity index (χ2n) is 7.26. The van der Waals surface area contributed by atoms with Gasteiger partial charge < -0.3 is 20.1 Å². The summed E-state index contributed by atoms with van der Waals surface area (Å²) in [5.41, 5.74) is 4.63. The molecule has 4 rings (SSSR count). The Bertz CT molecular complexity index is 1180. The number of guanidine groups is 1. The van der Waals surface area contributed by atoms with Gasteiger partial charge in [-0.3, -0.25) is 4.99 Å². The van der Waals surface area contributed by atoms with Crippen LogP contribution in [0.4, 0.5) is 0 Å². The van der Waals surface area contributed by atoms with Crippen molar-refractivity contribution in [3.8, 4) is 11.4 Å². The van der Waals surface area contributed by atoms with Crippen LogP contribution in [0.5, 0.6) is 0 Å². The van der Waals surface area contributed by atoms with Crippen LogP contribution in [-0.2, 0) is 12.8 Å². The largest absolute Gasteiger partial charge is 0.361 e. The lowest BCUT2D eigenvalue weighted by molar-refractivity contribution is 0.378. The highest BCUT2D eigenvalue weighted by molar-refractivity contribution is 6.30. The Morgan fingerprint density at radius 2 is 1.87 bits per heavy atom. The highest BCUT2D eigenvalue weighted by Crippen LogP contribution is 2.21. The highest BCUT2D eigenvalue weighted by Gasteiger charge is 2.09. The first-order valence-electron chi connectivity index (χ1n) is 10.2. The third-order valence-electron chi connectivity index (χ3n) is 5.12. The van der Waals surface area contributed by atoms with Crippen molar-refractivity contribution in [2.24, 2.45) is 4.99 Å². The van der Waals surface area contributed by atoms with E-state index in [4.69, 9.17) is 16.1 Å². The van der Waals surface area contributed by atoms with Crippen molar-refractivity contribution in [1.82, 2.24) is 25.8 Å². The first kappa shape index (κ1) is 20.9. The summed E-state index contributed by atoms with van der Waals surface area (Å²) in [6, 6.07) is 13.7. The Labute approximate surface area is 185 Å². The maximum Gasteiger partial charge on any atom is 0.228 e. The number of aromatic amines is 1. The molecule has 0 saturated heterocycles. The monoisotopic (exact) mass is 436 g/mol. The summed E-state index contributed by atoms with van der Waals surface area (Å²) in [6.07, 6.45) is 3.59. The van der Waals surface area contributed by atoms with E-state index in [1.807, 2.05) is 24.3 Å². The van der Waals surface area contributed by atoms with E-state index in [9.17, 15) is 0 Å². The molecule has 0 aliphatic carbocycles. The number of hydrogen-bond acceptors (Lipinski definition) is 4. The molecule has 0 atom stereocenters. The Balaban J connectivity index is 1.24. The summed E-state index contributed by atoms with van der Waals surface area (Å²) in [4.78, 5) is 12.1. The molecule has 0 fully saturated rings. The molecular weight excluding hydrogens is 412 g/mol. The summed E-state index contributed by atoms with van der Waals surface area (Å²) < 4.78 is 5.35. The number of aliphatic imine (C=N–C) groups is 1. The van der Waals surface area contributed by atoms with Crippen LogP contribution >= 0.6 is 11.6 Å². The molecule has 0 bridgehead atoms. The van der Waals surface area contributed by atoms with Gasteiger partial charge in [0.1, 0.15) is 0 Å². The fourth-order valence-corrected chi connectivity index (χ4v) is 3.59. The molecule has 8 heteroatoms. The van der Waals surface area contributed by atoms with Gasteiger partial charge in [-0.1, -0.05) is 35.0 Å². The molecule has 3 N–H and O–H groups in total. The molecule has 0 amide bonds. The van der Waals surface area contributed by atoms with Crippen LogP contribution in [0, 0.1) is 6.92 Å². The highest BCUT2D eigenvalue weighted by atomic mass is 35.5. The number of H-pyrrole nitrogens is 1. The average Bonchev–Trinajstić information content (AvgIpc) is 3.41. The number of rotatable bonds is 7. The molecule has 0 unspecified atom stereocenters. The number of nitrogens with zero attached hydrogens (tertiary/aromatic N) is 3. The van der Waals surface area contributed by atoms with E-state index in [-0.39, 0.29) is 0 Å². The Hall–Kier alpha value is -3.32. The van der Waals surface area contributed by atoms with Gasteiger partial charge in [-0.2, -0.15) is 4.98 Å². The lowest BCUT2D eigenvalue weighted by atomic mass is 10.1. The molecule has 31 heavy (non-hydrogen) atoms. The number of fused-ring (bicyclic) bond motifs is 1. The lowest BCUT2D eigenvalue weighted by Gasteiger charge is -2.10. The van der Waals surface area contributed by atoms with Gasteiger partial charge in [0.2, 0.25) is 11.7 Å². The lowest BCUT2D eigenvalue weighted by Crippen LogP contribution is -2.39. The van der Waals surface area contributed by atoms with E-state index >= 15 is 0 Å². The van der Waals surface area contributed by atoms with Crippen molar-refractivity contribution in [2.45, 2.75) is 19.8 Å². The number of benzene rings is 2. The van der Waals surface area contributed by atoms with E-state index in [1.54, 1.807) is 7.05 Å². The van der Waals surface area contributed by atoms with Crippen LogP contribution in [0.1, 0.15) is 17.0 Å². The second-order valence-corrected chi connectivity index (χ2v) is 7.69. The van der Waals surface area contributed by atoms with Crippen LogP contribution in [0.25, 0.3) is 22.3 Å². The molecule has 0 saturated carbocycles. The first-order valence-corrected chi connectivity index (χ1v) is 10.6. The third-order valence-corrected chi connectivity index (χ3v) is 5.37. The number of para-hydroxylation sites is 1. The molecule has 0 aliphatic rings. The van der Waals surface area contributed by atoms with E-state index in [2.05, 4.69) is 62.1 Å². The maximum absolute atomic E-state index is 5.92. The molecule has 2 heterocycles. The topological polar surface area (TPSA) is 91.1 Å². The average molecular weight is 437 g/mol. The first-order chi connectivity index (χ1) is 15.1. The summed E-state index contributed by atoms with van der Waals surface area (Å²) in [5.74, 6) is 1.87. The van der Waals surface area contributed by atoms with Gasteiger partial charge in [0, 0.05) is 54.2 Å². The van der Waals surface area contributed by atoms with Gasteiger partial charge >= 0.3 is 0 Å². The Morgan fingerprint density at radius 3 is 2.65 bits per heavy atom. The molecule has 4 aromatic rings. The maximum atomic E-state index is 5.92. The fraction of sp³-hybridized carbons (Fsp3) is 0.261. The van der Waals surface area contributed by atoms with Crippen molar-refractivity contribution in [1.29, 1.82) is 0 Å². The number of nitrogens with one attached hydrogen (secondary N) is 3. The van der Waals surface area contributed by atoms with Crippen molar-refractivity contribution in [3.63, 3.8) is 0 Å². The van der Waals surface area contributed by atoms with Gasteiger partial charge in [0.05, 0.1) is 0 Å². The summed E-state index contributed by atoms with van der Waals surface area (Å²) in [5, 5.41) is 12.6. The van der Waals surface area contributed by atoms with E-state index in [0.29, 0.717) is 29.7 Å². The van der Waals surface area contributed by atoms with Crippen LogP contribution < -0.4 is 10.6 Å². The number of halogens is 1. The summed E-state index contributed by atoms with van der Waals surface area (Å²) in [6.45, 7) is 3.53. The van der Waals surface area contributed by atoms with E-state index in [1.165, 1.54) is 22.0 Å². The van der Waals surface area contributed by atoms with Crippen LogP contribution in [0.2, 0.25) is 5.02 Å². The van der Waals surface area contributed by atoms with E-state index < -0.39 is 0 Å². The Morgan fingerprint density at radius 1 is 1.10 bits per heavy atom. The van der Waals surface area contributed by atoms with Crippen LogP contribution in [-0.4, -0.2) is 41.2 Å². The molecule has 2 aromatic carbocycles. The molecule has 0 spiro atoms. The standard InChI is InChI=1S/C23H25ClN6O/c1-15-4-3-5-19-17(14-28-21(15)19)10-12-26-23(25-2)27-13-11-20-29-22(30-31-20)16-6-8-18(24)9-7-16/h3-9,14,28H,10-13H2,1-2H3,(H2,25,26,27). The second kappa shape index (κ2) is 9.66. The minimum atomic E-state index is 0.558. The van der Waals surface area contributed by atoms with Gasteiger partial charge in [0.25, 0.3) is 0 Å². The summed E-state index contributed by atoms with van der Waals surface area (Å²) >= 11 is 5.92.